The Hall–Kier alpha value is 0.530. The Bertz CT molecular complexity index is 86.9. The molecule has 0 aromatic rings. The van der Waals surface area contributed by atoms with Crippen molar-refractivity contribution < 1.29 is 14.3 Å². The first kappa shape index (κ1) is 7.53. The third-order valence-electron chi connectivity index (χ3n) is 0.287. The Morgan fingerprint density at radius 2 is 2.14 bits per heavy atom. The van der Waals surface area contributed by atoms with Gasteiger partial charge in [0.05, 0.1) is 0 Å². The van der Waals surface area contributed by atoms with Crippen molar-refractivity contribution in [2.24, 2.45) is 0 Å². The van der Waals surface area contributed by atoms with Gasteiger partial charge >= 0.3 is 0 Å². The van der Waals surface area contributed by atoms with Gasteiger partial charge in [0.1, 0.15) is 0 Å². The predicted octanol–water partition coefficient (Wildman–Crippen LogP) is -1.03. The summed E-state index contributed by atoms with van der Waals surface area (Å²) in [5.74, 6) is 0. The van der Waals surface area contributed by atoms with Crippen LogP contribution in [0.15, 0.2) is 0 Å². The summed E-state index contributed by atoms with van der Waals surface area (Å²) >= 11 is 3.86. The van der Waals surface area contributed by atoms with Crippen molar-refractivity contribution in [3.05, 3.63) is 0 Å². The maximum atomic E-state index is 9.85. The minimum absolute atomic E-state index is 0.129. The van der Waals surface area contributed by atoms with Crippen LogP contribution < -0.4 is 9.79 Å². The van der Waals surface area contributed by atoms with Gasteiger partial charge in [-0.3, -0.25) is 0 Å². The van der Waals surface area contributed by atoms with E-state index in [0.717, 1.165) is 0 Å². The predicted molar refractivity (Wildman–Crippen MR) is 25.9 cm³/mol. The molecule has 0 spiro atoms. The second kappa shape index (κ2) is 2.74. The van der Waals surface area contributed by atoms with E-state index >= 15 is 0 Å². The van der Waals surface area contributed by atoms with Crippen molar-refractivity contribution >= 4 is 18.5 Å². The molecule has 0 saturated heterocycles. The first-order valence-electron chi connectivity index (χ1n) is 1.73. The minimum atomic E-state index is -3.83. The highest BCUT2D eigenvalue weighted by molar-refractivity contribution is 8.05. The molecule has 0 aromatic carbocycles. The van der Waals surface area contributed by atoms with E-state index in [0.29, 0.717) is 0 Å². The summed E-state index contributed by atoms with van der Waals surface area (Å²) in [6.07, 6.45) is 0. The number of hydrogen-bond donors (Lipinski definition) is 0. The molecule has 0 aliphatic rings. The first-order valence-corrected chi connectivity index (χ1v) is 4.28. The molecular weight excluding hydrogens is 135 g/mol. The van der Waals surface area contributed by atoms with Crippen molar-refractivity contribution in [1.82, 2.24) is 0 Å². The van der Waals surface area contributed by atoms with Crippen LogP contribution in [-0.2, 0) is 16.3 Å². The molecular formula is C2H5O3PS-2. The Balaban J connectivity index is 3.36. The zero-order chi connectivity index (χ0) is 5.91. The van der Waals surface area contributed by atoms with Gasteiger partial charge in [0.25, 0.3) is 0 Å². The zero-order valence-electron chi connectivity index (χ0n) is 3.79. The summed E-state index contributed by atoms with van der Waals surface area (Å²) in [6, 6.07) is 0. The van der Waals surface area contributed by atoms with Crippen LogP contribution in [0.25, 0.3) is 0 Å². The maximum Gasteiger partial charge on any atom is 0.0458 e. The van der Waals surface area contributed by atoms with E-state index in [9.17, 15) is 9.79 Å². The average molecular weight is 140 g/mol. The molecule has 0 fully saturated rings. The highest BCUT2D eigenvalue weighted by Gasteiger charge is 1.76. The second-order valence-corrected chi connectivity index (χ2v) is 3.36. The third-order valence-corrected chi connectivity index (χ3v) is 1.18. The van der Waals surface area contributed by atoms with E-state index < -0.39 is 6.72 Å². The van der Waals surface area contributed by atoms with Crippen LogP contribution in [0, 0.1) is 0 Å². The molecule has 0 aliphatic heterocycles. The van der Waals surface area contributed by atoms with Crippen LogP contribution >= 0.6 is 6.72 Å². The van der Waals surface area contributed by atoms with Crippen molar-refractivity contribution in [1.29, 1.82) is 0 Å². The standard InChI is InChI=1S/C2H7O3PS/c1-2-5-6(3,4)7/h2H2,1H3,(H2,3,4,7)/p-2. The molecule has 44 valence electrons. The van der Waals surface area contributed by atoms with Crippen molar-refractivity contribution in [2.45, 2.75) is 6.92 Å². The van der Waals surface area contributed by atoms with Gasteiger partial charge in [0.2, 0.25) is 0 Å². The average Bonchev–Trinajstić information content (AvgIpc) is 1.30. The summed E-state index contributed by atoms with van der Waals surface area (Å²) in [5, 5.41) is 0. The Morgan fingerprint density at radius 3 is 2.14 bits per heavy atom. The van der Waals surface area contributed by atoms with Gasteiger partial charge in [-0.1, -0.05) is 6.72 Å². The molecule has 0 aliphatic carbocycles. The van der Waals surface area contributed by atoms with Crippen molar-refractivity contribution in [2.75, 3.05) is 6.61 Å². The van der Waals surface area contributed by atoms with E-state index in [-0.39, 0.29) is 6.61 Å². The Labute approximate surface area is 47.2 Å². The molecule has 5 heteroatoms. The van der Waals surface area contributed by atoms with E-state index in [4.69, 9.17) is 0 Å². The first-order chi connectivity index (χ1) is 3.06. The highest BCUT2D eigenvalue weighted by atomic mass is 32.5. The van der Waals surface area contributed by atoms with Crippen LogP contribution in [0.3, 0.4) is 0 Å². The fourth-order valence-corrected chi connectivity index (χ4v) is 0.791. The molecule has 7 heavy (non-hydrogen) atoms. The third kappa shape index (κ3) is 6.53. The van der Waals surface area contributed by atoms with Crippen molar-refractivity contribution in [3.63, 3.8) is 0 Å². The maximum absolute atomic E-state index is 9.85. The lowest BCUT2D eigenvalue weighted by Gasteiger charge is -2.33. The molecule has 3 nitrogen and oxygen atoms in total. The molecule has 0 radical (unpaired) electrons. The number of rotatable bonds is 2. The fourth-order valence-electron chi connectivity index (χ4n) is 0.158. The minimum Gasteiger partial charge on any atom is -0.812 e. The normalized spacial score (nSPS) is 11.9. The molecule has 0 N–H and O–H groups in total. The Morgan fingerprint density at radius 1 is 1.71 bits per heavy atom. The molecule has 0 heterocycles. The van der Waals surface area contributed by atoms with E-state index in [1.54, 1.807) is 6.92 Å². The SMILES string of the molecule is CCOP([O-])([O-])=S. The summed E-state index contributed by atoms with van der Waals surface area (Å²) in [5.41, 5.74) is 0. The molecule has 0 aromatic heterocycles. The van der Waals surface area contributed by atoms with Crippen LogP contribution in [0.5, 0.6) is 0 Å². The molecule has 0 atom stereocenters. The smallest absolute Gasteiger partial charge is 0.0458 e. The second-order valence-electron chi connectivity index (χ2n) is 0.865. The molecule has 0 rings (SSSR count). The van der Waals surface area contributed by atoms with E-state index in [2.05, 4.69) is 16.3 Å². The Kier molecular flexibility index (Phi) is 2.95. The van der Waals surface area contributed by atoms with Gasteiger partial charge in [-0.2, -0.15) is 0 Å². The van der Waals surface area contributed by atoms with Gasteiger partial charge in [0.15, 0.2) is 0 Å². The fraction of sp³-hybridized carbons (Fsp3) is 1.00. The van der Waals surface area contributed by atoms with Crippen LogP contribution in [0.2, 0.25) is 0 Å². The lowest BCUT2D eigenvalue weighted by atomic mass is 10.9. The molecule has 0 saturated carbocycles. The quantitative estimate of drug-likeness (QED) is 0.460. The summed E-state index contributed by atoms with van der Waals surface area (Å²) in [6.45, 7) is -2.14. The largest absolute Gasteiger partial charge is 0.812 e. The van der Waals surface area contributed by atoms with Gasteiger partial charge < -0.3 is 14.3 Å². The number of hydrogen-bond acceptors (Lipinski definition) is 4. The summed E-state index contributed by atoms with van der Waals surface area (Å²) in [7, 11) is 0. The molecule has 0 amide bonds. The van der Waals surface area contributed by atoms with Crippen molar-refractivity contribution in [3.8, 4) is 0 Å². The van der Waals surface area contributed by atoms with Gasteiger partial charge in [-0.25, -0.2) is 0 Å². The lowest BCUT2D eigenvalue weighted by molar-refractivity contribution is -0.320. The van der Waals surface area contributed by atoms with Crippen LogP contribution in [0.1, 0.15) is 6.92 Å². The van der Waals surface area contributed by atoms with Gasteiger partial charge in [-0.15, -0.1) is 11.8 Å². The highest BCUT2D eigenvalue weighted by Crippen LogP contribution is 2.23. The molecule has 0 bridgehead atoms. The monoisotopic (exact) mass is 140 g/mol. The van der Waals surface area contributed by atoms with E-state index in [1.807, 2.05) is 0 Å². The topological polar surface area (TPSA) is 55.3 Å². The van der Waals surface area contributed by atoms with Crippen LogP contribution in [0.4, 0.5) is 0 Å². The summed E-state index contributed by atoms with van der Waals surface area (Å²) < 4.78 is 4.04. The van der Waals surface area contributed by atoms with Gasteiger partial charge in [-0.05, 0) is 6.92 Å². The lowest BCUT2D eigenvalue weighted by Crippen LogP contribution is -2.15. The van der Waals surface area contributed by atoms with Crippen LogP contribution in [-0.4, -0.2) is 6.61 Å². The van der Waals surface area contributed by atoms with E-state index in [1.165, 1.54) is 0 Å². The molecule has 0 unspecified atom stereocenters. The zero-order valence-corrected chi connectivity index (χ0v) is 5.50. The van der Waals surface area contributed by atoms with Gasteiger partial charge in [0, 0.05) is 6.61 Å². The summed E-state index contributed by atoms with van der Waals surface area (Å²) in [4.78, 5) is 19.7.